The molecular weight excluding hydrogens is 400 g/mol. The van der Waals surface area contributed by atoms with E-state index in [4.69, 9.17) is 11.6 Å². The van der Waals surface area contributed by atoms with Gasteiger partial charge in [0.1, 0.15) is 0 Å². The Balaban J connectivity index is 1.47. The number of hydrogen-bond donors (Lipinski definition) is 0. The summed E-state index contributed by atoms with van der Waals surface area (Å²) in [5.41, 5.74) is 2.85. The Kier molecular flexibility index (Phi) is 7.34. The van der Waals surface area contributed by atoms with E-state index in [0.29, 0.717) is 49.9 Å². The summed E-state index contributed by atoms with van der Waals surface area (Å²) in [6.07, 6.45) is 0. The van der Waals surface area contributed by atoms with E-state index in [2.05, 4.69) is 34.1 Å². The molecule has 1 aliphatic heterocycles. The van der Waals surface area contributed by atoms with Crippen LogP contribution in [-0.4, -0.2) is 80.4 Å². The number of amides is 2. The Labute approximate surface area is 183 Å². The predicted octanol–water partition coefficient (Wildman–Crippen LogP) is 2.82. The Bertz CT molecular complexity index is 877. The van der Waals surface area contributed by atoms with Crippen molar-refractivity contribution in [3.8, 4) is 0 Å². The summed E-state index contributed by atoms with van der Waals surface area (Å²) in [6.45, 7) is 3.53. The third-order valence-corrected chi connectivity index (χ3v) is 5.62. The average molecular weight is 429 g/mol. The molecule has 1 saturated heterocycles. The van der Waals surface area contributed by atoms with E-state index in [1.54, 1.807) is 29.2 Å². The molecule has 0 spiro atoms. The highest BCUT2D eigenvalue weighted by molar-refractivity contribution is 6.30. The SMILES string of the molecule is CN(Cc1ccc(N(C)C)cc1)C(=O)CN1CCN(C(=O)c2cccc(Cl)c2)CC1. The predicted molar refractivity (Wildman–Crippen MR) is 121 cm³/mol. The average Bonchev–Trinajstić information content (AvgIpc) is 2.74. The van der Waals surface area contributed by atoms with Crippen LogP contribution in [0.1, 0.15) is 15.9 Å². The molecule has 2 aromatic carbocycles. The summed E-state index contributed by atoms with van der Waals surface area (Å²) in [5.74, 6) is 0.0723. The van der Waals surface area contributed by atoms with Crippen LogP contribution in [0.5, 0.6) is 0 Å². The van der Waals surface area contributed by atoms with Crippen LogP contribution < -0.4 is 4.90 Å². The molecule has 0 bridgehead atoms. The van der Waals surface area contributed by atoms with Crippen molar-refractivity contribution in [2.45, 2.75) is 6.54 Å². The Hall–Kier alpha value is -2.57. The highest BCUT2D eigenvalue weighted by Gasteiger charge is 2.24. The Morgan fingerprint density at radius 1 is 0.967 bits per heavy atom. The summed E-state index contributed by atoms with van der Waals surface area (Å²) in [6, 6.07) is 15.2. The molecule has 1 fully saturated rings. The molecule has 2 aromatic rings. The number of anilines is 1. The first-order valence-electron chi connectivity index (χ1n) is 10.1. The minimum absolute atomic E-state index is 0.0123. The number of benzene rings is 2. The van der Waals surface area contributed by atoms with Gasteiger partial charge in [0.25, 0.3) is 5.91 Å². The summed E-state index contributed by atoms with van der Waals surface area (Å²) in [5, 5.41) is 0.560. The molecule has 3 rings (SSSR count). The summed E-state index contributed by atoms with van der Waals surface area (Å²) in [4.78, 5) is 33.0. The summed E-state index contributed by atoms with van der Waals surface area (Å²) < 4.78 is 0. The van der Waals surface area contributed by atoms with Crippen molar-refractivity contribution in [2.24, 2.45) is 0 Å². The highest BCUT2D eigenvalue weighted by atomic mass is 35.5. The standard InChI is InChI=1S/C23H29ClN4O2/c1-25(2)21-9-7-18(8-10-21)16-26(3)22(29)17-27-11-13-28(14-12-27)23(30)19-5-4-6-20(24)15-19/h4-10,15H,11-14,16-17H2,1-3H3. The van der Waals surface area contributed by atoms with Crippen molar-refractivity contribution in [1.82, 2.24) is 14.7 Å². The maximum Gasteiger partial charge on any atom is 0.253 e. The number of piperazine rings is 1. The van der Waals surface area contributed by atoms with Crippen LogP contribution in [0.2, 0.25) is 5.02 Å². The van der Waals surface area contributed by atoms with Crippen molar-refractivity contribution >= 4 is 29.1 Å². The Morgan fingerprint density at radius 3 is 2.23 bits per heavy atom. The van der Waals surface area contributed by atoms with Crippen molar-refractivity contribution in [3.63, 3.8) is 0 Å². The van der Waals surface area contributed by atoms with Gasteiger partial charge in [-0.15, -0.1) is 0 Å². The van der Waals surface area contributed by atoms with Crippen molar-refractivity contribution < 1.29 is 9.59 Å². The minimum Gasteiger partial charge on any atom is -0.378 e. The number of likely N-dealkylation sites (N-methyl/N-ethyl adjacent to an activating group) is 1. The molecule has 30 heavy (non-hydrogen) atoms. The molecular formula is C23H29ClN4O2. The van der Waals surface area contributed by atoms with Gasteiger partial charge in [-0.05, 0) is 35.9 Å². The lowest BCUT2D eigenvalue weighted by Gasteiger charge is -2.35. The maximum absolute atomic E-state index is 12.6. The number of rotatable bonds is 6. The largest absolute Gasteiger partial charge is 0.378 e. The number of halogens is 1. The third kappa shape index (κ3) is 5.74. The van der Waals surface area contributed by atoms with Gasteiger partial charge >= 0.3 is 0 Å². The molecule has 2 amide bonds. The summed E-state index contributed by atoms with van der Waals surface area (Å²) in [7, 11) is 5.85. The molecule has 7 heteroatoms. The van der Waals surface area contributed by atoms with Gasteiger partial charge in [0.2, 0.25) is 5.91 Å². The zero-order valence-corrected chi connectivity index (χ0v) is 18.6. The van der Waals surface area contributed by atoms with Crippen LogP contribution in [0.15, 0.2) is 48.5 Å². The van der Waals surface area contributed by atoms with Crippen LogP contribution >= 0.6 is 11.6 Å². The number of carbonyl (C=O) groups is 2. The lowest BCUT2D eigenvalue weighted by Crippen LogP contribution is -2.51. The van der Waals surface area contributed by atoms with Gasteiger partial charge in [-0.25, -0.2) is 0 Å². The summed E-state index contributed by atoms with van der Waals surface area (Å²) >= 11 is 5.99. The van der Waals surface area contributed by atoms with Crippen LogP contribution in [-0.2, 0) is 11.3 Å². The fourth-order valence-electron chi connectivity index (χ4n) is 3.49. The van der Waals surface area contributed by atoms with E-state index >= 15 is 0 Å². The molecule has 6 nitrogen and oxygen atoms in total. The molecule has 0 N–H and O–H groups in total. The molecule has 1 aliphatic rings. The fourth-order valence-corrected chi connectivity index (χ4v) is 3.68. The van der Waals surface area contributed by atoms with Crippen LogP contribution in [0.3, 0.4) is 0 Å². The van der Waals surface area contributed by atoms with Gasteiger partial charge in [-0.3, -0.25) is 14.5 Å². The lowest BCUT2D eigenvalue weighted by molar-refractivity contribution is -0.132. The first kappa shape index (κ1) is 22.1. The van der Waals surface area contributed by atoms with E-state index in [0.717, 1.165) is 11.3 Å². The normalized spacial score (nSPS) is 14.5. The second kappa shape index (κ2) is 9.96. The van der Waals surface area contributed by atoms with E-state index < -0.39 is 0 Å². The van der Waals surface area contributed by atoms with Gasteiger partial charge in [0, 0.05) is 70.1 Å². The minimum atomic E-state index is -0.0123. The van der Waals surface area contributed by atoms with E-state index in [1.807, 2.05) is 26.0 Å². The lowest BCUT2D eigenvalue weighted by atomic mass is 10.1. The zero-order valence-electron chi connectivity index (χ0n) is 17.8. The van der Waals surface area contributed by atoms with Gasteiger partial charge in [0.05, 0.1) is 6.54 Å². The first-order chi connectivity index (χ1) is 14.3. The van der Waals surface area contributed by atoms with Crippen molar-refractivity contribution in [3.05, 3.63) is 64.7 Å². The quantitative estimate of drug-likeness (QED) is 0.709. The number of hydrogen-bond acceptors (Lipinski definition) is 4. The number of nitrogens with zero attached hydrogens (tertiary/aromatic N) is 4. The van der Waals surface area contributed by atoms with Crippen molar-refractivity contribution in [2.75, 3.05) is 58.8 Å². The fraction of sp³-hybridized carbons (Fsp3) is 0.391. The van der Waals surface area contributed by atoms with Crippen LogP contribution in [0.25, 0.3) is 0 Å². The third-order valence-electron chi connectivity index (χ3n) is 5.39. The number of carbonyl (C=O) groups excluding carboxylic acids is 2. The van der Waals surface area contributed by atoms with E-state index in [9.17, 15) is 9.59 Å². The second-order valence-electron chi connectivity index (χ2n) is 7.89. The topological polar surface area (TPSA) is 47.1 Å². The highest BCUT2D eigenvalue weighted by Crippen LogP contribution is 2.15. The molecule has 0 radical (unpaired) electrons. The first-order valence-corrected chi connectivity index (χ1v) is 10.5. The molecule has 160 valence electrons. The van der Waals surface area contributed by atoms with Gasteiger partial charge in [-0.2, -0.15) is 0 Å². The molecule has 0 atom stereocenters. The monoisotopic (exact) mass is 428 g/mol. The maximum atomic E-state index is 12.6. The van der Waals surface area contributed by atoms with Crippen LogP contribution in [0, 0.1) is 0 Å². The second-order valence-corrected chi connectivity index (χ2v) is 8.33. The van der Waals surface area contributed by atoms with Gasteiger partial charge in [-0.1, -0.05) is 29.8 Å². The van der Waals surface area contributed by atoms with Crippen molar-refractivity contribution in [1.29, 1.82) is 0 Å². The molecule has 0 aromatic heterocycles. The zero-order chi connectivity index (χ0) is 21.7. The van der Waals surface area contributed by atoms with E-state index in [-0.39, 0.29) is 11.8 Å². The van der Waals surface area contributed by atoms with Gasteiger partial charge < -0.3 is 14.7 Å². The smallest absolute Gasteiger partial charge is 0.253 e. The molecule has 0 unspecified atom stereocenters. The van der Waals surface area contributed by atoms with E-state index in [1.165, 1.54) is 0 Å². The molecule has 0 aliphatic carbocycles. The van der Waals surface area contributed by atoms with Crippen LogP contribution in [0.4, 0.5) is 5.69 Å². The van der Waals surface area contributed by atoms with Gasteiger partial charge in [0.15, 0.2) is 0 Å². The molecule has 0 saturated carbocycles. The Morgan fingerprint density at radius 2 is 1.63 bits per heavy atom. The molecule has 1 heterocycles.